The Labute approximate surface area is 229 Å². The zero-order valence-electron chi connectivity index (χ0n) is 23.9. The third-order valence-electron chi connectivity index (χ3n) is 5.85. The van der Waals surface area contributed by atoms with Gasteiger partial charge in [-0.05, 0) is 60.1 Å². The molecule has 0 amide bonds. The second-order valence-electron chi connectivity index (χ2n) is 11.0. The quantitative estimate of drug-likeness (QED) is 0.230. The Morgan fingerprint density at radius 2 is 1.11 bits per heavy atom. The first-order valence-corrected chi connectivity index (χ1v) is 15.6. The van der Waals surface area contributed by atoms with Crippen LogP contribution in [0.3, 0.4) is 0 Å². The first kappa shape index (κ1) is 32.9. The monoisotopic (exact) mass is 554 g/mol. The van der Waals surface area contributed by atoms with Crippen LogP contribution in [0, 0.1) is 13.8 Å². The molecule has 0 aromatic heterocycles. The Morgan fingerprint density at radius 1 is 0.750 bits per heavy atom. The number of hydrogen-bond acceptors (Lipinski definition) is 7. The van der Waals surface area contributed by atoms with Gasteiger partial charge in [-0.25, -0.2) is 0 Å². The van der Waals surface area contributed by atoms with Gasteiger partial charge >= 0.3 is 8.80 Å². The van der Waals surface area contributed by atoms with Crippen molar-refractivity contribution in [3.63, 3.8) is 0 Å². The Balaban J connectivity index is 0.000000497. The summed E-state index contributed by atoms with van der Waals surface area (Å²) in [4.78, 5) is 1.57. The molecule has 0 aliphatic rings. The number of hydrogen-bond donors (Lipinski definition) is 3. The maximum absolute atomic E-state index is 10.8. The van der Waals surface area contributed by atoms with Gasteiger partial charge in [-0.1, -0.05) is 65.4 Å². The molecule has 5 nitrogen and oxygen atoms in total. The highest BCUT2D eigenvalue weighted by Gasteiger charge is 2.36. The van der Waals surface area contributed by atoms with Gasteiger partial charge < -0.3 is 23.5 Å². The number of phenolic OH excluding ortho intramolecular Hbond substituents is 2. The number of rotatable bonds is 8. The van der Waals surface area contributed by atoms with Crippen LogP contribution in [0.2, 0.25) is 6.04 Å². The van der Waals surface area contributed by atoms with Crippen molar-refractivity contribution in [1.29, 1.82) is 0 Å². The molecule has 0 saturated heterocycles. The van der Waals surface area contributed by atoms with Crippen molar-refractivity contribution >= 4 is 33.2 Å². The van der Waals surface area contributed by atoms with Crippen LogP contribution in [-0.4, -0.2) is 46.1 Å². The van der Waals surface area contributed by atoms with E-state index in [2.05, 4.69) is 54.2 Å². The molecule has 2 rings (SSSR count). The summed E-state index contributed by atoms with van der Waals surface area (Å²) in [6, 6.07) is 8.87. The van der Waals surface area contributed by atoms with Crippen molar-refractivity contribution in [2.24, 2.45) is 0 Å². The highest BCUT2D eigenvalue weighted by molar-refractivity contribution is 7.99. The highest BCUT2D eigenvalue weighted by atomic mass is 32.2. The summed E-state index contributed by atoms with van der Waals surface area (Å²) in [5, 5.41) is 21.6. The van der Waals surface area contributed by atoms with Crippen LogP contribution in [-0.2, 0) is 24.1 Å². The SMILES string of the molecule is CO[Si](CCCS)(OC)OC.Cc1cc(Sc2cc(C)cc(C(C)(C)C)c2O)c(O)c(C(C)(C)C)c1. The van der Waals surface area contributed by atoms with Gasteiger partial charge in [0.2, 0.25) is 0 Å². The van der Waals surface area contributed by atoms with E-state index in [0.717, 1.165) is 50.3 Å². The second kappa shape index (κ2) is 13.6. The molecular weight excluding hydrogens is 509 g/mol. The van der Waals surface area contributed by atoms with E-state index >= 15 is 0 Å². The molecule has 8 heteroatoms. The van der Waals surface area contributed by atoms with Crippen molar-refractivity contribution in [3.8, 4) is 11.5 Å². The maximum atomic E-state index is 10.8. The molecule has 0 fully saturated rings. The van der Waals surface area contributed by atoms with E-state index in [9.17, 15) is 10.2 Å². The largest absolute Gasteiger partial charge is 0.506 e. The minimum atomic E-state index is -2.29. The van der Waals surface area contributed by atoms with E-state index < -0.39 is 8.80 Å². The van der Waals surface area contributed by atoms with Gasteiger partial charge in [0, 0.05) is 38.5 Å². The van der Waals surface area contributed by atoms with Crippen molar-refractivity contribution in [2.75, 3.05) is 27.1 Å². The third kappa shape index (κ3) is 8.99. The van der Waals surface area contributed by atoms with Crippen LogP contribution in [0.15, 0.2) is 34.1 Å². The van der Waals surface area contributed by atoms with Gasteiger partial charge in [0.1, 0.15) is 11.5 Å². The Hall–Kier alpha value is -1.16. The average Bonchev–Trinajstić information content (AvgIpc) is 2.78. The van der Waals surface area contributed by atoms with E-state index in [4.69, 9.17) is 13.3 Å². The van der Waals surface area contributed by atoms with E-state index in [1.807, 2.05) is 38.1 Å². The number of aromatic hydroxyl groups is 2. The van der Waals surface area contributed by atoms with Crippen LogP contribution in [0.1, 0.15) is 70.2 Å². The normalized spacial score (nSPS) is 12.3. The maximum Gasteiger partial charge on any atom is 0.500 e. The third-order valence-corrected chi connectivity index (χ3v) is 10.1. The van der Waals surface area contributed by atoms with E-state index in [1.54, 1.807) is 21.3 Å². The number of benzene rings is 2. The summed E-state index contributed by atoms with van der Waals surface area (Å²) in [7, 11) is 2.58. The summed E-state index contributed by atoms with van der Waals surface area (Å²) >= 11 is 5.53. The first-order valence-electron chi connectivity index (χ1n) is 12.2. The second-order valence-corrected chi connectivity index (χ2v) is 15.7. The minimum absolute atomic E-state index is 0.142. The first-order chi connectivity index (χ1) is 16.5. The molecule has 204 valence electrons. The molecule has 2 aromatic rings. The summed E-state index contributed by atoms with van der Waals surface area (Å²) < 4.78 is 15.6. The molecule has 0 bridgehead atoms. The lowest BCUT2D eigenvalue weighted by atomic mass is 9.85. The molecule has 2 aromatic carbocycles. The fraction of sp³-hybridized carbons (Fsp3) is 0.571. The van der Waals surface area contributed by atoms with Crippen molar-refractivity contribution < 1.29 is 23.5 Å². The topological polar surface area (TPSA) is 68.2 Å². The molecule has 0 spiro atoms. The van der Waals surface area contributed by atoms with Crippen LogP contribution in [0.5, 0.6) is 11.5 Å². The van der Waals surface area contributed by atoms with Crippen LogP contribution >= 0.6 is 24.4 Å². The molecule has 0 atom stereocenters. The van der Waals surface area contributed by atoms with Crippen LogP contribution in [0.25, 0.3) is 0 Å². The minimum Gasteiger partial charge on any atom is -0.506 e. The Morgan fingerprint density at radius 3 is 1.39 bits per heavy atom. The summed E-state index contributed by atoms with van der Waals surface area (Å²) in [5.41, 5.74) is 3.78. The van der Waals surface area contributed by atoms with Gasteiger partial charge in [0.25, 0.3) is 0 Å². The zero-order valence-corrected chi connectivity index (χ0v) is 26.6. The van der Waals surface area contributed by atoms with Crippen molar-refractivity contribution in [2.45, 2.75) is 88.5 Å². The molecule has 0 aliphatic heterocycles. The molecule has 36 heavy (non-hydrogen) atoms. The van der Waals surface area contributed by atoms with Gasteiger partial charge in [-0.3, -0.25) is 0 Å². The van der Waals surface area contributed by atoms with Gasteiger partial charge in [0.05, 0.1) is 9.79 Å². The standard InChI is InChI=1S/C22H30O2S.C6H16O3SSi/c1-13-9-15(21(3,4)5)19(23)17(11-13)25-18-12-14(2)10-16(20(18)24)22(6,7)8;1-7-11(8-2,9-3)6-4-5-10/h9-12,23-24H,1-8H3;10H,4-6H2,1-3H3. The number of aryl methyl sites for hydroxylation is 2. The molecule has 0 radical (unpaired) electrons. The van der Waals surface area contributed by atoms with Crippen LogP contribution in [0.4, 0.5) is 0 Å². The Kier molecular flexibility index (Phi) is 12.4. The van der Waals surface area contributed by atoms with Crippen LogP contribution < -0.4 is 0 Å². The highest BCUT2D eigenvalue weighted by Crippen LogP contribution is 2.46. The summed E-state index contributed by atoms with van der Waals surface area (Å²) in [6.07, 6.45) is 0.963. The molecule has 0 heterocycles. The summed E-state index contributed by atoms with van der Waals surface area (Å²) in [5.74, 6) is 1.45. The molecule has 0 saturated carbocycles. The molecule has 2 N–H and O–H groups in total. The fourth-order valence-corrected chi connectivity index (χ4v) is 7.08. The predicted molar refractivity (Wildman–Crippen MR) is 157 cm³/mol. The van der Waals surface area contributed by atoms with Crippen molar-refractivity contribution in [1.82, 2.24) is 0 Å². The fourth-order valence-electron chi connectivity index (χ4n) is 3.76. The van der Waals surface area contributed by atoms with Crippen molar-refractivity contribution in [3.05, 3.63) is 46.5 Å². The van der Waals surface area contributed by atoms with Gasteiger partial charge in [-0.2, -0.15) is 12.6 Å². The smallest absolute Gasteiger partial charge is 0.500 e. The molecule has 0 aliphatic carbocycles. The van der Waals surface area contributed by atoms with E-state index in [1.165, 1.54) is 11.8 Å². The van der Waals surface area contributed by atoms with E-state index in [0.29, 0.717) is 11.5 Å². The van der Waals surface area contributed by atoms with Gasteiger partial charge in [0.15, 0.2) is 0 Å². The molecular formula is C28H46O5S2Si. The number of thiol groups is 1. The Bertz CT molecular complexity index is 917. The lowest BCUT2D eigenvalue weighted by Crippen LogP contribution is -2.42. The lowest BCUT2D eigenvalue weighted by molar-refractivity contribution is 0.123. The number of phenols is 2. The zero-order chi connectivity index (χ0) is 27.9. The van der Waals surface area contributed by atoms with Gasteiger partial charge in [-0.15, -0.1) is 0 Å². The summed E-state index contributed by atoms with van der Waals surface area (Å²) in [6.45, 7) is 16.6. The van der Waals surface area contributed by atoms with E-state index in [-0.39, 0.29) is 10.8 Å². The average molecular weight is 555 g/mol. The molecule has 0 unspecified atom stereocenters. The predicted octanol–water partition coefficient (Wildman–Crippen LogP) is 7.65. The lowest BCUT2D eigenvalue weighted by Gasteiger charge is -2.24.